The summed E-state index contributed by atoms with van der Waals surface area (Å²) in [5.74, 6) is -1.48. The highest BCUT2D eigenvalue weighted by atomic mass is 35.5. The number of H-pyrrole nitrogens is 1. The molecule has 0 radical (unpaired) electrons. The van der Waals surface area contributed by atoms with Crippen molar-refractivity contribution in [1.29, 1.82) is 0 Å². The second kappa shape index (κ2) is 13.3. The lowest BCUT2D eigenvalue weighted by molar-refractivity contribution is -0.135. The number of carbonyl (C=O) groups is 2. The molecular formula is C33H36ClF3N8O4. The number of aliphatic imine (C=N–C) groups is 1. The van der Waals surface area contributed by atoms with Gasteiger partial charge in [-0.15, -0.1) is 4.99 Å². The molecule has 0 spiro atoms. The van der Waals surface area contributed by atoms with E-state index in [1.165, 1.54) is 24.7 Å². The molecule has 3 heterocycles. The minimum atomic E-state index is -2.88. The molecule has 0 unspecified atom stereocenters. The predicted octanol–water partition coefficient (Wildman–Crippen LogP) is 6.61. The highest BCUT2D eigenvalue weighted by molar-refractivity contribution is 6.33. The van der Waals surface area contributed by atoms with Gasteiger partial charge in [0, 0.05) is 22.9 Å². The molecule has 1 saturated heterocycles. The number of guanidine groups is 1. The van der Waals surface area contributed by atoms with Crippen molar-refractivity contribution in [3.8, 4) is 22.5 Å². The Morgan fingerprint density at radius 2 is 1.86 bits per heavy atom. The maximum Gasteiger partial charge on any atom is 0.437 e. The molecule has 0 bridgehead atoms. The van der Waals surface area contributed by atoms with Gasteiger partial charge in [-0.05, 0) is 61.9 Å². The first kappa shape index (κ1) is 35.5. The summed E-state index contributed by atoms with van der Waals surface area (Å²) >= 11 is 6.46. The zero-order valence-corrected chi connectivity index (χ0v) is 28.4. The zero-order valence-electron chi connectivity index (χ0n) is 27.6. The summed E-state index contributed by atoms with van der Waals surface area (Å²) in [4.78, 5) is 37.4. The Balaban J connectivity index is 1.67. The number of aliphatic hydroxyl groups is 1. The van der Waals surface area contributed by atoms with E-state index in [1.54, 1.807) is 39.0 Å². The number of nitrogens with zero attached hydrogens (tertiary/aromatic N) is 6. The third-order valence-corrected chi connectivity index (χ3v) is 7.95. The van der Waals surface area contributed by atoms with E-state index >= 15 is 4.39 Å². The van der Waals surface area contributed by atoms with Crippen LogP contribution in [-0.4, -0.2) is 65.1 Å². The first-order valence-corrected chi connectivity index (χ1v) is 15.6. The largest absolute Gasteiger partial charge is 0.442 e. The van der Waals surface area contributed by atoms with Crippen LogP contribution in [0.2, 0.25) is 5.02 Å². The molecule has 2 amide bonds. The zero-order chi connectivity index (χ0) is 35.9. The van der Waals surface area contributed by atoms with E-state index in [-0.39, 0.29) is 29.1 Å². The third-order valence-electron chi connectivity index (χ3n) is 7.62. The van der Waals surface area contributed by atoms with Crippen LogP contribution in [0.3, 0.4) is 0 Å². The molecule has 2 aromatic carbocycles. The lowest BCUT2D eigenvalue weighted by Gasteiger charge is -2.35. The van der Waals surface area contributed by atoms with E-state index in [9.17, 15) is 23.5 Å². The fraction of sp³-hybridized carbons (Fsp3) is 0.394. The Labute approximate surface area is 285 Å². The summed E-state index contributed by atoms with van der Waals surface area (Å²) in [7, 11) is 0. The number of hydrogen-bond donors (Lipinski definition) is 3. The van der Waals surface area contributed by atoms with Crippen molar-refractivity contribution in [1.82, 2.24) is 35.2 Å². The van der Waals surface area contributed by atoms with Gasteiger partial charge in [-0.1, -0.05) is 50.6 Å². The van der Waals surface area contributed by atoms with E-state index in [1.807, 2.05) is 20.8 Å². The average Bonchev–Trinajstić information content (AvgIpc) is 3.75. The van der Waals surface area contributed by atoms with Gasteiger partial charge in [0.05, 0.1) is 23.9 Å². The molecule has 1 fully saturated rings. The van der Waals surface area contributed by atoms with Gasteiger partial charge in [0.15, 0.2) is 5.82 Å². The Bertz CT molecular complexity index is 1880. The number of hydrogen-bond acceptors (Lipinski definition) is 7. The molecule has 0 saturated carbocycles. The molecular weight excluding hydrogens is 665 g/mol. The van der Waals surface area contributed by atoms with E-state index in [2.05, 4.69) is 30.6 Å². The number of rotatable bonds is 8. The minimum absolute atomic E-state index is 0.00430. The maximum absolute atomic E-state index is 16.3. The van der Waals surface area contributed by atoms with Gasteiger partial charge in [-0.2, -0.15) is 19.0 Å². The number of ether oxygens (including phenoxy) is 1. The van der Waals surface area contributed by atoms with Gasteiger partial charge in [0.2, 0.25) is 5.96 Å². The minimum Gasteiger partial charge on any atom is -0.442 e. The topological polar surface area (TPSA) is 151 Å². The monoisotopic (exact) mass is 700 g/mol. The summed E-state index contributed by atoms with van der Waals surface area (Å²) in [5, 5.41) is 24.4. The van der Waals surface area contributed by atoms with Gasteiger partial charge >= 0.3 is 12.6 Å². The molecule has 260 valence electrons. The normalized spacial score (nSPS) is 18.3. The molecule has 12 nitrogen and oxygen atoms in total. The molecule has 16 heteroatoms. The van der Waals surface area contributed by atoms with Crippen molar-refractivity contribution < 1.29 is 32.6 Å². The summed E-state index contributed by atoms with van der Waals surface area (Å²) in [6.07, 6.45) is 2.54. The van der Waals surface area contributed by atoms with Crippen LogP contribution in [0.1, 0.15) is 71.7 Å². The highest BCUT2D eigenvalue weighted by Gasteiger charge is 2.56. The maximum atomic E-state index is 16.3. The van der Waals surface area contributed by atoms with Gasteiger partial charge in [-0.3, -0.25) is 14.8 Å². The van der Waals surface area contributed by atoms with E-state index in [0.717, 1.165) is 17.2 Å². The molecule has 49 heavy (non-hydrogen) atoms. The number of carbonyl (C=O) groups excluding carboxylic acids is 2. The van der Waals surface area contributed by atoms with Crippen molar-refractivity contribution in [2.75, 3.05) is 6.61 Å². The van der Waals surface area contributed by atoms with Crippen LogP contribution in [0.25, 0.3) is 22.5 Å². The smallest absolute Gasteiger partial charge is 0.437 e. The van der Waals surface area contributed by atoms with Crippen LogP contribution in [0.5, 0.6) is 0 Å². The quantitative estimate of drug-likeness (QED) is 0.186. The second-order valence-electron chi connectivity index (χ2n) is 13.8. The molecule has 1 aliphatic heterocycles. The molecule has 4 aromatic rings. The molecule has 0 aliphatic carbocycles. The SMILES string of the molecule is CC(C)(C)C[C@]1(c2ccc(-c3cnn(C(F)F)c3)cc2F)NC(=NC(=O)OC(C)(C)C)N([C@H](CO)c2ccc(Cl)c(-c3ncn[nH]3)c2)C1=O. The lowest BCUT2D eigenvalue weighted by Crippen LogP contribution is -2.48. The Hall–Kier alpha value is -4.76. The van der Waals surface area contributed by atoms with Crippen molar-refractivity contribution in [2.24, 2.45) is 10.4 Å². The molecule has 3 N–H and O–H groups in total. The number of benzene rings is 2. The molecule has 2 atom stereocenters. The number of aromatic nitrogens is 5. The molecule has 1 aliphatic rings. The van der Waals surface area contributed by atoms with Crippen LogP contribution in [0.15, 0.2) is 60.1 Å². The van der Waals surface area contributed by atoms with Gasteiger partial charge in [-0.25, -0.2) is 18.9 Å². The number of aromatic amines is 1. The fourth-order valence-electron chi connectivity index (χ4n) is 5.78. The van der Waals surface area contributed by atoms with E-state index in [0.29, 0.717) is 26.7 Å². The standard InChI is InChI=1S/C33H36ClF3N8O4/c1-31(2,3)16-33(22-9-7-18(12-24(22)35)20-13-40-44(14-20)28(36)37)27(47)45(29(42-33)41-30(48)49-32(4,5)6)25(15-46)19-8-10-23(34)21(11-19)26-38-17-39-43-26/h7-14,17,25,28,46H,15-16H2,1-6H3,(H,38,39,43)(H,41,42,48)/t25-,33-/m1/s1. The van der Waals surface area contributed by atoms with Gasteiger partial charge < -0.3 is 15.2 Å². The Morgan fingerprint density at radius 1 is 1.12 bits per heavy atom. The van der Waals surface area contributed by atoms with Crippen molar-refractivity contribution in [3.63, 3.8) is 0 Å². The number of aliphatic hydroxyl groups excluding tert-OH is 1. The Kier molecular flexibility index (Phi) is 9.63. The van der Waals surface area contributed by atoms with Crippen molar-refractivity contribution >= 4 is 29.6 Å². The average molecular weight is 701 g/mol. The Morgan fingerprint density at radius 3 is 2.43 bits per heavy atom. The second-order valence-corrected chi connectivity index (χ2v) is 14.2. The summed E-state index contributed by atoms with van der Waals surface area (Å²) in [6, 6.07) is 7.62. The van der Waals surface area contributed by atoms with Crippen LogP contribution in [0, 0.1) is 11.2 Å². The van der Waals surface area contributed by atoms with Crippen molar-refractivity contribution in [2.45, 2.75) is 71.7 Å². The van der Waals surface area contributed by atoms with Crippen LogP contribution in [0.4, 0.5) is 18.0 Å². The van der Waals surface area contributed by atoms with Crippen molar-refractivity contribution in [3.05, 3.63) is 77.1 Å². The first-order valence-electron chi connectivity index (χ1n) is 15.2. The van der Waals surface area contributed by atoms with Gasteiger partial charge in [0.1, 0.15) is 23.3 Å². The van der Waals surface area contributed by atoms with Crippen LogP contribution >= 0.6 is 11.6 Å². The van der Waals surface area contributed by atoms with Crippen LogP contribution in [-0.2, 0) is 15.1 Å². The van der Waals surface area contributed by atoms with Gasteiger partial charge in [0.25, 0.3) is 5.91 Å². The third kappa shape index (κ3) is 7.47. The fourth-order valence-corrected chi connectivity index (χ4v) is 5.99. The molecule has 5 rings (SSSR count). The number of amides is 2. The molecule has 2 aromatic heterocycles. The van der Waals surface area contributed by atoms with E-state index < -0.39 is 53.6 Å². The van der Waals surface area contributed by atoms with Crippen LogP contribution < -0.4 is 5.32 Å². The number of nitrogens with one attached hydrogen (secondary N) is 2. The van der Waals surface area contributed by atoms with E-state index in [4.69, 9.17) is 16.3 Å². The predicted molar refractivity (Wildman–Crippen MR) is 175 cm³/mol. The number of alkyl halides is 2. The summed E-state index contributed by atoms with van der Waals surface area (Å²) in [5.41, 5.74) is -2.18. The number of halogens is 4. The highest BCUT2D eigenvalue weighted by Crippen LogP contribution is 2.44. The summed E-state index contributed by atoms with van der Waals surface area (Å²) < 4.78 is 48.6. The first-order chi connectivity index (χ1) is 22.9. The lowest BCUT2D eigenvalue weighted by atomic mass is 9.75. The summed E-state index contributed by atoms with van der Waals surface area (Å²) in [6.45, 7) is 7.00.